The number of nitrogens with one attached hydrogen (secondary N) is 11. The number of ketones is 3. The van der Waals surface area contributed by atoms with E-state index < -0.39 is 190 Å². The first kappa shape index (κ1) is 119. The Balaban J connectivity index is 0.000000210. The van der Waals surface area contributed by atoms with Crippen LogP contribution in [0.15, 0.2) is 25.3 Å². The number of piperidine rings is 3. The predicted molar refractivity (Wildman–Crippen MR) is 557 cm³/mol. The van der Waals surface area contributed by atoms with Crippen molar-refractivity contribution >= 4 is 119 Å². The number of nitrogens with zero attached hydrogens (tertiary/aromatic N) is 6. The SMILES string of the molecule is C=CCNC(=O)C(=O)C(CCC)NC(=O)[C@@H]1[C@@H]2[C@H](CN1C(=O)[C@@H](NC(=O)N[C@H](CN1CCCS1(=O)=O)C(C)(C)C)C1CCCCC1)C2(C)C.C=CCNC(=O)C(=O)C(CCCC)NC(=O)[C@@H]1[C@@H]2[C@H](CN1C(=O)[C@@H](NC(=O)N[C@H](CN1CCCS1(=O)=O)C(C)(C)C)C1CCCCC1)C2(C)C.CC(C)(C)[C@@H](CN1CCCS1(=O)=O)NC(=O)N[C@H](C(=O)N1C[C@H]2[C@@H]([C@H]1C(=O)NC(CC1CCC1)C(=O)C(N)=O)C2(C)C)C1CCCCC1. The van der Waals surface area contributed by atoms with E-state index >= 15 is 0 Å². The van der Waals surface area contributed by atoms with Crippen molar-refractivity contribution in [3.8, 4) is 0 Å². The fourth-order valence-electron chi connectivity index (χ4n) is 24.7. The fourth-order valence-corrected chi connectivity index (χ4v) is 29.4. The number of Topliss-reactive ketones (excluding diaryl/α,β-unsaturated/α-hetero) is 3. The van der Waals surface area contributed by atoms with Crippen molar-refractivity contribution < 1.29 is 97.2 Å². The largest absolute Gasteiger partial charge is 0.363 e. The van der Waals surface area contributed by atoms with E-state index in [0.717, 1.165) is 122 Å². The highest BCUT2D eigenvalue weighted by Crippen LogP contribution is 2.67. The number of likely N-dealkylation sites (tertiary alicyclic amines) is 3. The molecule has 0 bridgehead atoms. The molecular weight excluding hydrogens is 1950 g/mol. The Hall–Kier alpha value is -8.74. The van der Waals surface area contributed by atoms with Crippen molar-refractivity contribution in [3.63, 3.8) is 0 Å². The highest BCUT2D eigenvalue weighted by Gasteiger charge is 2.73. The molecule has 42 heteroatoms. The number of primary amides is 1. The van der Waals surface area contributed by atoms with Gasteiger partial charge in [0.2, 0.25) is 82.9 Å². The van der Waals surface area contributed by atoms with Crippen LogP contribution in [0.2, 0.25) is 0 Å². The second-order valence-corrected chi connectivity index (χ2v) is 55.4. The third-order valence-corrected chi connectivity index (χ3v) is 40.5. The second kappa shape index (κ2) is 48.9. The van der Waals surface area contributed by atoms with Gasteiger partial charge in [0.1, 0.15) is 36.3 Å². The van der Waals surface area contributed by atoms with Gasteiger partial charge in [0, 0.05) is 90.1 Å². The predicted octanol–water partition coefficient (Wildman–Crippen LogP) is 6.93. The van der Waals surface area contributed by atoms with Crippen molar-refractivity contribution in [2.75, 3.05) is 89.3 Å². The number of unbranched alkanes of at least 4 members (excludes halogenated alkanes) is 1. The first-order chi connectivity index (χ1) is 68.8. The Labute approximate surface area is 872 Å². The molecule has 13 N–H and O–H groups in total. The molecule has 13 aliphatic rings. The average Bonchev–Trinajstić information content (AvgIpc) is 1.53. The number of sulfonamides is 3. The molecule has 0 radical (unpaired) electrons. The number of carbonyl (C=O) groups is 15. The van der Waals surface area contributed by atoms with Crippen LogP contribution in [0.1, 0.15) is 291 Å². The first-order valence-electron chi connectivity index (χ1n) is 54.5. The van der Waals surface area contributed by atoms with Gasteiger partial charge >= 0.3 is 18.1 Å². The molecular formula is C105H174N18O21S3. The Morgan fingerprint density at radius 2 is 0.667 bits per heavy atom. The number of hydrogen-bond acceptors (Lipinski definition) is 21. The number of urea groups is 3. The van der Waals surface area contributed by atoms with Crippen LogP contribution in [0.25, 0.3) is 0 Å². The summed E-state index contributed by atoms with van der Waals surface area (Å²) in [5.41, 5.74) is 3.38. The molecule has 6 saturated heterocycles. The summed E-state index contributed by atoms with van der Waals surface area (Å²) in [5.74, 6) is -7.39. The molecule has 7 saturated carbocycles. The van der Waals surface area contributed by atoms with E-state index in [-0.39, 0.29) is 150 Å². The molecule has 0 aromatic rings. The van der Waals surface area contributed by atoms with Crippen molar-refractivity contribution in [1.29, 1.82) is 0 Å². The third kappa shape index (κ3) is 28.8. The standard InChI is InChI=1S/C36H60N6O7S.C35H58N6O7S.C34H56N6O7S/c1-8-10-17-25(30(43)32(45)37-18-9-2)38-31(44)29-27-24(36(27,6)7)21-42(29)33(46)28(23-15-12-11-13-16-23)40-34(47)39-26(35(3,4)5)22-41-19-14-20-50(41,48)49;1-8-14-24(29(42)31(44)36-17-9-2)37-30(43)28-26-23(35(26,6)7)20-41(28)32(45)27(22-15-11-10-12-16-22)39-33(46)38-25(34(3,4)5)21-40-18-13-19-49(40,47)48;1-33(2,3)24(19-39-15-10-16-48(39,46)47)37-32(45)38-26(21-13-7-6-8-14-21)31(44)40-18-22-25(34(22,4)5)27(40)30(43)36-23(28(41)29(35)42)17-20-11-9-12-20/h9,23-29H,2,8,10-22H2,1,3-7H3,(H,37,45)(H,38,44)(H2,39,40,47);9,22-28H,2,8,10-21H2,1,3-7H3,(H,36,44)(H,37,43)(H2,38,39,46);20-27H,6-19H2,1-5H3,(H2,35,42)(H,36,43)(H2,37,38,45)/t24-,25?,26+,27-,28-,29-;23-,24?,25+,26-,27-,28-;22-,23?,24+,25-,26-,27-/m000/s1. The van der Waals surface area contributed by atoms with Gasteiger partial charge in [-0.25, -0.2) is 39.6 Å². The van der Waals surface area contributed by atoms with Crippen molar-refractivity contribution in [2.45, 2.75) is 364 Å². The molecule has 15 amide bonds. The van der Waals surface area contributed by atoms with E-state index in [1.165, 1.54) is 25.1 Å². The van der Waals surface area contributed by atoms with Crippen LogP contribution >= 0.6 is 0 Å². The minimum atomic E-state index is -3.38. The van der Waals surface area contributed by atoms with E-state index in [1.807, 2.05) is 76.2 Å². The smallest absolute Gasteiger partial charge is 0.315 e. The summed E-state index contributed by atoms with van der Waals surface area (Å²) < 4.78 is 79.8. The van der Waals surface area contributed by atoms with Gasteiger partial charge in [0.15, 0.2) is 0 Å². The Morgan fingerprint density at radius 3 is 0.912 bits per heavy atom. The fraction of sp³-hybridized carbons (Fsp3) is 0.819. The lowest BCUT2D eigenvalue weighted by Gasteiger charge is -2.38. The molecule has 6 heterocycles. The van der Waals surface area contributed by atoms with E-state index in [4.69, 9.17) is 5.73 Å². The highest BCUT2D eigenvalue weighted by molar-refractivity contribution is 7.89. The molecule has 18 atom stereocenters. The summed E-state index contributed by atoms with van der Waals surface area (Å²) in [6.45, 7) is 43.7. The normalized spacial score (nSPS) is 27.1. The average molecular weight is 2120 g/mol. The molecule has 13 fully saturated rings. The molecule has 39 nitrogen and oxygen atoms in total. The summed E-state index contributed by atoms with van der Waals surface area (Å²) in [4.78, 5) is 208. The molecule has 7 aliphatic carbocycles. The van der Waals surface area contributed by atoms with E-state index in [2.05, 4.69) is 113 Å². The summed E-state index contributed by atoms with van der Waals surface area (Å²) in [6.07, 6.45) is 23.5. The van der Waals surface area contributed by atoms with Crippen LogP contribution in [0.3, 0.4) is 0 Å². The van der Waals surface area contributed by atoms with Gasteiger partial charge in [-0.3, -0.25) is 57.5 Å². The highest BCUT2D eigenvalue weighted by atomic mass is 32.2. The topological polar surface area (TPSA) is 536 Å². The summed E-state index contributed by atoms with van der Waals surface area (Å²) in [5, 5.41) is 31.4. The number of amides is 15. The second-order valence-electron chi connectivity index (χ2n) is 49.1. The third-order valence-electron chi connectivity index (χ3n) is 34.7. The van der Waals surface area contributed by atoms with E-state index in [1.54, 1.807) is 14.7 Å². The van der Waals surface area contributed by atoms with Gasteiger partial charge in [-0.05, 0) is 169 Å². The van der Waals surface area contributed by atoms with Crippen molar-refractivity contribution in [1.82, 2.24) is 86.1 Å². The van der Waals surface area contributed by atoms with Gasteiger partial charge in [-0.1, -0.05) is 226 Å². The van der Waals surface area contributed by atoms with Crippen LogP contribution in [-0.4, -0.2) is 303 Å². The zero-order valence-electron chi connectivity index (χ0n) is 90.3. The Bertz CT molecular complexity index is 5170. The number of hydrogen-bond donors (Lipinski definition) is 12. The van der Waals surface area contributed by atoms with Crippen LogP contribution in [0.4, 0.5) is 14.4 Å². The van der Waals surface area contributed by atoms with Crippen LogP contribution in [-0.2, 0) is 87.6 Å². The first-order valence-corrected chi connectivity index (χ1v) is 59.3. The van der Waals surface area contributed by atoms with Gasteiger partial charge < -0.3 is 78.9 Å². The van der Waals surface area contributed by atoms with E-state index in [9.17, 15) is 97.2 Å². The lowest BCUT2D eigenvalue weighted by Crippen LogP contribution is -2.61. The Kier molecular flexibility index (Phi) is 39.4. The molecule has 147 heavy (non-hydrogen) atoms. The minimum absolute atomic E-state index is 0.0800. The summed E-state index contributed by atoms with van der Waals surface area (Å²) in [7, 11) is -10.1. The van der Waals surface area contributed by atoms with Crippen molar-refractivity contribution in [3.05, 3.63) is 25.3 Å². The molecule has 13 rings (SSSR count). The maximum atomic E-state index is 14.6. The molecule has 828 valence electrons. The minimum Gasteiger partial charge on any atom is -0.363 e. The Morgan fingerprint density at radius 1 is 0.374 bits per heavy atom. The van der Waals surface area contributed by atoms with Crippen molar-refractivity contribution in [2.24, 2.45) is 97.4 Å². The summed E-state index contributed by atoms with van der Waals surface area (Å²) >= 11 is 0. The monoisotopic (exact) mass is 2120 g/mol. The maximum Gasteiger partial charge on any atom is 0.315 e. The van der Waals surface area contributed by atoms with Gasteiger partial charge in [0.05, 0.1) is 35.4 Å². The lowest BCUT2D eigenvalue weighted by molar-refractivity contribution is -0.144. The maximum absolute atomic E-state index is 14.6. The lowest BCUT2D eigenvalue weighted by atomic mass is 9.80. The number of nitrogens with two attached hydrogens (primary N) is 1. The zero-order chi connectivity index (χ0) is 109. The van der Waals surface area contributed by atoms with Crippen LogP contribution in [0, 0.1) is 91.7 Å². The molecule has 3 unspecified atom stereocenters. The quantitative estimate of drug-likeness (QED) is 0.0218. The van der Waals surface area contributed by atoms with Gasteiger partial charge in [-0.15, -0.1) is 13.2 Å². The molecule has 6 aliphatic heterocycles. The summed E-state index contributed by atoms with van der Waals surface area (Å²) in [6, 6.07) is -11.5. The number of carbonyl (C=O) groups excluding carboxylic acids is 15. The van der Waals surface area contributed by atoms with E-state index in [0.29, 0.717) is 84.2 Å². The van der Waals surface area contributed by atoms with Crippen LogP contribution in [0.5, 0.6) is 0 Å². The zero-order valence-corrected chi connectivity index (χ0v) is 92.8. The van der Waals surface area contributed by atoms with Gasteiger partial charge in [-0.2, -0.15) is 12.9 Å². The van der Waals surface area contributed by atoms with Gasteiger partial charge in [0.25, 0.3) is 17.7 Å². The number of rotatable bonds is 41. The number of fused-ring (bicyclic) bond motifs is 3. The molecule has 0 spiro atoms. The van der Waals surface area contributed by atoms with Crippen LogP contribution < -0.4 is 64.2 Å². The molecule has 0 aromatic heterocycles. The molecule has 0 aromatic carbocycles.